The number of aromatic amines is 1. The van der Waals surface area contributed by atoms with Gasteiger partial charge in [-0.15, -0.1) is 0 Å². The van der Waals surface area contributed by atoms with Crippen molar-refractivity contribution in [3.63, 3.8) is 0 Å². The lowest BCUT2D eigenvalue weighted by Gasteiger charge is -2.32. The molecule has 0 saturated carbocycles. The Labute approximate surface area is 194 Å². The Morgan fingerprint density at radius 1 is 1.21 bits per heavy atom. The molecule has 2 aliphatic rings. The summed E-state index contributed by atoms with van der Waals surface area (Å²) < 4.78 is 16.8. The Morgan fingerprint density at radius 3 is 2.52 bits per heavy atom. The van der Waals surface area contributed by atoms with Gasteiger partial charge in [0, 0.05) is 6.54 Å². The van der Waals surface area contributed by atoms with E-state index < -0.39 is 13.2 Å². The van der Waals surface area contributed by atoms with Crippen molar-refractivity contribution in [3.8, 4) is 11.3 Å². The second-order valence-electron chi connectivity index (χ2n) is 9.48. The van der Waals surface area contributed by atoms with Crippen LogP contribution >= 0.6 is 0 Å². The van der Waals surface area contributed by atoms with Crippen LogP contribution < -0.4 is 10.8 Å². The quantitative estimate of drug-likeness (QED) is 0.673. The van der Waals surface area contributed by atoms with E-state index in [0.717, 1.165) is 35.4 Å². The lowest BCUT2D eigenvalue weighted by molar-refractivity contribution is -0.131. The number of carbonyl (C=O) groups excluding carboxylic acids is 2. The Bertz CT molecular complexity index is 1000. The van der Waals surface area contributed by atoms with Gasteiger partial charge in [0.05, 0.1) is 36.2 Å². The second-order valence-corrected chi connectivity index (χ2v) is 9.48. The fourth-order valence-electron chi connectivity index (χ4n) is 4.12. The monoisotopic (exact) mass is 454 g/mol. The van der Waals surface area contributed by atoms with E-state index in [0.29, 0.717) is 6.54 Å². The highest BCUT2D eigenvalue weighted by molar-refractivity contribution is 6.62. The topological polar surface area (TPSA) is 106 Å². The molecule has 1 aromatic carbocycles. The maximum atomic E-state index is 12.6. The zero-order valence-electron chi connectivity index (χ0n) is 19.8. The van der Waals surface area contributed by atoms with Crippen molar-refractivity contribution < 1.29 is 23.6 Å². The number of likely N-dealkylation sites (tertiary alicyclic amines) is 1. The first-order chi connectivity index (χ1) is 15.6. The van der Waals surface area contributed by atoms with Gasteiger partial charge in [0.25, 0.3) is 0 Å². The van der Waals surface area contributed by atoms with Crippen LogP contribution in [0.3, 0.4) is 0 Å². The number of benzene rings is 1. The average molecular weight is 454 g/mol. The van der Waals surface area contributed by atoms with E-state index in [9.17, 15) is 9.59 Å². The predicted octanol–water partition coefficient (Wildman–Crippen LogP) is 2.40. The minimum atomic E-state index is -0.622. The van der Waals surface area contributed by atoms with E-state index in [1.165, 1.54) is 7.11 Å². The number of methoxy groups -OCH3 is 1. The molecular formula is C23H31BN4O5. The molecule has 2 saturated heterocycles. The number of alkyl carbamates (subject to hydrolysis) is 1. The molecule has 9 nitrogen and oxygen atoms in total. The predicted molar refractivity (Wildman–Crippen MR) is 124 cm³/mol. The zero-order chi connectivity index (χ0) is 23.8. The number of hydrogen-bond acceptors (Lipinski definition) is 6. The number of amides is 2. The largest absolute Gasteiger partial charge is 0.494 e. The minimum absolute atomic E-state index is 0.100. The van der Waals surface area contributed by atoms with Crippen molar-refractivity contribution in [1.82, 2.24) is 20.2 Å². The molecule has 3 heterocycles. The van der Waals surface area contributed by atoms with Crippen LogP contribution in [0.1, 0.15) is 52.4 Å². The lowest BCUT2D eigenvalue weighted by atomic mass is 9.79. The maximum absolute atomic E-state index is 12.6. The molecule has 0 aliphatic carbocycles. The third kappa shape index (κ3) is 4.63. The smallest absolute Gasteiger partial charge is 0.453 e. The average Bonchev–Trinajstić information content (AvgIpc) is 3.49. The van der Waals surface area contributed by atoms with Gasteiger partial charge in [-0.05, 0) is 51.6 Å². The van der Waals surface area contributed by atoms with Crippen LogP contribution in [-0.4, -0.2) is 65.4 Å². The third-order valence-corrected chi connectivity index (χ3v) is 6.80. The van der Waals surface area contributed by atoms with E-state index in [1.807, 2.05) is 52.0 Å². The summed E-state index contributed by atoms with van der Waals surface area (Å²) in [5.41, 5.74) is 2.05. The van der Waals surface area contributed by atoms with Crippen molar-refractivity contribution in [1.29, 1.82) is 0 Å². The number of hydrogen-bond donors (Lipinski definition) is 2. The molecule has 1 aromatic heterocycles. The Morgan fingerprint density at radius 2 is 1.88 bits per heavy atom. The Hall–Kier alpha value is -2.85. The molecule has 2 amide bonds. The number of rotatable bonds is 5. The van der Waals surface area contributed by atoms with Crippen LogP contribution in [0.4, 0.5) is 4.79 Å². The first-order valence-corrected chi connectivity index (χ1v) is 11.2. The van der Waals surface area contributed by atoms with Gasteiger partial charge in [-0.2, -0.15) is 0 Å². The van der Waals surface area contributed by atoms with E-state index in [4.69, 9.17) is 9.31 Å². The van der Waals surface area contributed by atoms with Crippen molar-refractivity contribution in [2.75, 3.05) is 20.2 Å². The van der Waals surface area contributed by atoms with Crippen LogP contribution in [0, 0.1) is 0 Å². The molecule has 10 heteroatoms. The second kappa shape index (κ2) is 8.83. The summed E-state index contributed by atoms with van der Waals surface area (Å²) in [6, 6.07) is 7.88. The van der Waals surface area contributed by atoms with Crippen LogP contribution in [-0.2, 0) is 18.8 Å². The van der Waals surface area contributed by atoms with Gasteiger partial charge in [-0.25, -0.2) is 9.78 Å². The SMILES string of the molecule is COC(=O)NCC(=O)N1CCC[C@H]1c1ncc(-c2ccc(B3OC(C)(C)C(C)(C)O3)cc2)[nH]1. The summed E-state index contributed by atoms with van der Waals surface area (Å²) in [4.78, 5) is 33.5. The van der Waals surface area contributed by atoms with Gasteiger partial charge >= 0.3 is 13.2 Å². The van der Waals surface area contributed by atoms with Gasteiger partial charge in [-0.1, -0.05) is 24.3 Å². The van der Waals surface area contributed by atoms with E-state index in [-0.39, 0.29) is 29.7 Å². The molecule has 0 bridgehead atoms. The van der Waals surface area contributed by atoms with Crippen LogP contribution in [0.5, 0.6) is 0 Å². The van der Waals surface area contributed by atoms with Gasteiger partial charge in [0.15, 0.2) is 0 Å². The molecule has 0 spiro atoms. The van der Waals surface area contributed by atoms with Crippen LogP contribution in [0.2, 0.25) is 0 Å². The summed E-state index contributed by atoms with van der Waals surface area (Å²) >= 11 is 0. The van der Waals surface area contributed by atoms with E-state index in [2.05, 4.69) is 20.0 Å². The number of aromatic nitrogens is 2. The third-order valence-electron chi connectivity index (χ3n) is 6.80. The first kappa shape index (κ1) is 23.3. The normalized spacial score (nSPS) is 21.3. The summed E-state index contributed by atoms with van der Waals surface area (Å²) in [7, 11) is 0.864. The van der Waals surface area contributed by atoms with Crippen molar-refractivity contribution in [2.24, 2.45) is 0 Å². The highest BCUT2D eigenvalue weighted by Crippen LogP contribution is 2.36. The number of H-pyrrole nitrogens is 1. The van der Waals surface area contributed by atoms with E-state index >= 15 is 0 Å². The number of imidazole rings is 1. The van der Waals surface area contributed by atoms with Crippen LogP contribution in [0.15, 0.2) is 30.5 Å². The molecule has 2 N–H and O–H groups in total. The Balaban J connectivity index is 1.44. The molecule has 0 radical (unpaired) electrons. The minimum Gasteiger partial charge on any atom is -0.453 e. The maximum Gasteiger partial charge on any atom is 0.494 e. The summed E-state index contributed by atoms with van der Waals surface area (Å²) in [5.74, 6) is 0.580. The molecule has 176 valence electrons. The summed E-state index contributed by atoms with van der Waals surface area (Å²) in [6.07, 6.45) is 2.86. The molecule has 2 aliphatic heterocycles. The molecule has 2 aromatic rings. The molecule has 33 heavy (non-hydrogen) atoms. The number of nitrogens with one attached hydrogen (secondary N) is 2. The molecule has 2 fully saturated rings. The molecule has 4 rings (SSSR count). The Kier molecular flexibility index (Phi) is 6.24. The van der Waals surface area contributed by atoms with E-state index in [1.54, 1.807) is 11.1 Å². The molecular weight excluding hydrogens is 423 g/mol. The molecule has 0 unspecified atom stereocenters. The fourth-order valence-corrected chi connectivity index (χ4v) is 4.12. The number of ether oxygens (including phenoxy) is 1. The van der Waals surface area contributed by atoms with Gasteiger partial charge < -0.3 is 29.2 Å². The van der Waals surface area contributed by atoms with Crippen LogP contribution in [0.25, 0.3) is 11.3 Å². The van der Waals surface area contributed by atoms with Gasteiger partial charge in [-0.3, -0.25) is 4.79 Å². The van der Waals surface area contributed by atoms with Crippen molar-refractivity contribution in [2.45, 2.75) is 57.8 Å². The zero-order valence-corrected chi connectivity index (χ0v) is 19.8. The summed E-state index contributed by atoms with van der Waals surface area (Å²) in [5, 5.41) is 2.45. The number of carbonyl (C=O) groups is 2. The molecule has 1 atom stereocenters. The van der Waals surface area contributed by atoms with Crippen molar-refractivity contribution >= 4 is 24.6 Å². The highest BCUT2D eigenvalue weighted by Gasteiger charge is 2.51. The van der Waals surface area contributed by atoms with Crippen molar-refractivity contribution in [3.05, 3.63) is 36.3 Å². The standard InChI is InChI=1S/C23H31BN4O5/c1-22(2)23(3,4)33-24(32-22)16-10-8-15(9-11-16)17-13-25-20(27-17)18-7-6-12-28(18)19(29)14-26-21(30)31-5/h8-11,13,18H,6-7,12,14H2,1-5H3,(H,25,27)(H,26,30)/t18-/m0/s1. The lowest BCUT2D eigenvalue weighted by Crippen LogP contribution is -2.41. The highest BCUT2D eigenvalue weighted by atomic mass is 16.7. The number of nitrogens with zero attached hydrogens (tertiary/aromatic N) is 2. The first-order valence-electron chi connectivity index (χ1n) is 11.2. The summed E-state index contributed by atoms with van der Waals surface area (Å²) in [6.45, 7) is 8.68. The van der Waals surface area contributed by atoms with Gasteiger partial charge in [0.1, 0.15) is 12.4 Å². The fraction of sp³-hybridized carbons (Fsp3) is 0.522. The van der Waals surface area contributed by atoms with Gasteiger partial charge in [0.2, 0.25) is 5.91 Å².